The van der Waals surface area contributed by atoms with Crippen molar-refractivity contribution in [3.8, 4) is 0 Å². The molecule has 1 unspecified atom stereocenters. The van der Waals surface area contributed by atoms with Crippen LogP contribution in [0, 0.1) is 0 Å². The van der Waals surface area contributed by atoms with E-state index in [1.807, 2.05) is 24.3 Å². The molecule has 0 saturated heterocycles. The van der Waals surface area contributed by atoms with Crippen molar-refractivity contribution in [1.82, 2.24) is 0 Å². The predicted molar refractivity (Wildman–Crippen MR) is 71.0 cm³/mol. The Kier molecular flexibility index (Phi) is 5.88. The van der Waals surface area contributed by atoms with E-state index in [-0.39, 0.29) is 0 Å². The Balaban J connectivity index is 2.39. The fourth-order valence-electron chi connectivity index (χ4n) is 1.17. The van der Waals surface area contributed by atoms with Gasteiger partial charge >= 0.3 is 0 Å². The molecule has 0 aliphatic rings. The lowest BCUT2D eigenvalue weighted by atomic mass is 10.1. The van der Waals surface area contributed by atoms with Crippen LogP contribution in [-0.4, -0.2) is 6.54 Å². The first-order chi connectivity index (χ1) is 7.34. The number of hydrogen-bond acceptors (Lipinski definition) is 1. The topological polar surface area (TPSA) is 48.8 Å². The van der Waals surface area contributed by atoms with Crippen LogP contribution in [0.5, 0.6) is 0 Å². The number of alkyl halides is 1. The van der Waals surface area contributed by atoms with Gasteiger partial charge in [0.15, 0.2) is 0 Å². The third kappa shape index (κ3) is 4.85. The number of rotatable bonds is 5. The number of nitrogens with zero attached hydrogens (tertiary/aromatic N) is 3. The third-order valence-corrected chi connectivity index (χ3v) is 3.15. The minimum absolute atomic E-state index is 0.439. The molecular weight excluding hydrogens is 301 g/mol. The van der Waals surface area contributed by atoms with Crippen LogP contribution in [0.4, 0.5) is 0 Å². The Bertz CT molecular complexity index is 355. The molecule has 0 saturated carbocycles. The Morgan fingerprint density at radius 1 is 1.33 bits per heavy atom. The van der Waals surface area contributed by atoms with Gasteiger partial charge < -0.3 is 0 Å². The summed E-state index contributed by atoms with van der Waals surface area (Å²) >= 11 is 2.41. The van der Waals surface area contributed by atoms with E-state index in [4.69, 9.17) is 5.53 Å². The molecule has 1 atom stereocenters. The maximum absolute atomic E-state index is 8.08. The van der Waals surface area contributed by atoms with Crippen molar-refractivity contribution in [2.45, 2.75) is 10.3 Å². The van der Waals surface area contributed by atoms with Gasteiger partial charge in [0.2, 0.25) is 0 Å². The highest BCUT2D eigenvalue weighted by Crippen LogP contribution is 2.26. The maximum Gasteiger partial charge on any atom is 0.0440 e. The van der Waals surface area contributed by atoms with Gasteiger partial charge in [0.05, 0.1) is 0 Å². The molecule has 0 aliphatic carbocycles. The second kappa shape index (κ2) is 7.31. The van der Waals surface area contributed by atoms with Gasteiger partial charge in [-0.25, -0.2) is 0 Å². The summed E-state index contributed by atoms with van der Waals surface area (Å²) in [6, 6.07) is 10.4. The molecule has 1 aromatic rings. The lowest BCUT2D eigenvalue weighted by Gasteiger charge is -2.06. The number of azide groups is 1. The normalized spacial score (nSPS) is 12.3. The molecule has 1 rings (SSSR count). The number of halogens is 1. The molecule has 15 heavy (non-hydrogen) atoms. The third-order valence-electron chi connectivity index (χ3n) is 1.92. The average Bonchev–Trinajstić information content (AvgIpc) is 2.30. The van der Waals surface area contributed by atoms with Gasteiger partial charge in [0.25, 0.3) is 0 Å². The van der Waals surface area contributed by atoms with Crippen LogP contribution in [0.2, 0.25) is 0 Å². The summed E-state index contributed by atoms with van der Waals surface area (Å²) in [7, 11) is 0. The molecule has 4 heteroatoms. The zero-order chi connectivity index (χ0) is 10.9. The molecule has 0 bridgehead atoms. The standard InChI is InChI=1S/C11H12IN3/c12-11(8-4-5-9-14-15-13)10-6-2-1-3-7-10/h1-7,11H,8-9H2/b5-4+. The van der Waals surface area contributed by atoms with E-state index in [2.05, 4.69) is 50.8 Å². The van der Waals surface area contributed by atoms with Gasteiger partial charge in [-0.15, -0.1) is 0 Å². The first-order valence-electron chi connectivity index (χ1n) is 4.69. The summed E-state index contributed by atoms with van der Waals surface area (Å²) in [4.78, 5) is 2.68. The van der Waals surface area contributed by atoms with Crippen LogP contribution in [0.3, 0.4) is 0 Å². The van der Waals surface area contributed by atoms with E-state index >= 15 is 0 Å². The first kappa shape index (κ1) is 12.1. The van der Waals surface area contributed by atoms with Crippen LogP contribution in [0.15, 0.2) is 47.6 Å². The van der Waals surface area contributed by atoms with E-state index < -0.39 is 0 Å². The van der Waals surface area contributed by atoms with Gasteiger partial charge in [-0.05, 0) is 17.5 Å². The lowest BCUT2D eigenvalue weighted by molar-refractivity contribution is 1.00. The van der Waals surface area contributed by atoms with E-state index in [1.165, 1.54) is 5.56 Å². The minimum atomic E-state index is 0.439. The minimum Gasteiger partial charge on any atom is -0.0899 e. The zero-order valence-electron chi connectivity index (χ0n) is 8.25. The number of hydrogen-bond donors (Lipinski definition) is 0. The zero-order valence-corrected chi connectivity index (χ0v) is 10.4. The Morgan fingerprint density at radius 2 is 2.07 bits per heavy atom. The number of benzene rings is 1. The summed E-state index contributed by atoms with van der Waals surface area (Å²) in [5.41, 5.74) is 9.40. The molecule has 0 heterocycles. The molecule has 0 aliphatic heterocycles. The van der Waals surface area contributed by atoms with Crippen LogP contribution in [0.1, 0.15) is 15.9 Å². The maximum atomic E-state index is 8.08. The predicted octanol–water partition coefficient (Wildman–Crippen LogP) is 4.42. The van der Waals surface area contributed by atoms with Gasteiger partial charge in [-0.2, -0.15) is 0 Å². The second-order valence-electron chi connectivity index (χ2n) is 3.00. The van der Waals surface area contributed by atoms with Gasteiger partial charge in [-0.1, -0.05) is 70.2 Å². The molecule has 0 amide bonds. The molecule has 78 valence electrons. The van der Waals surface area contributed by atoms with Crippen molar-refractivity contribution in [2.24, 2.45) is 5.11 Å². The first-order valence-corrected chi connectivity index (χ1v) is 5.94. The van der Waals surface area contributed by atoms with Crippen LogP contribution in [-0.2, 0) is 0 Å². The average molecular weight is 313 g/mol. The van der Waals surface area contributed by atoms with E-state index in [0.29, 0.717) is 10.5 Å². The summed E-state index contributed by atoms with van der Waals surface area (Å²) in [6.45, 7) is 0.439. The monoisotopic (exact) mass is 313 g/mol. The summed E-state index contributed by atoms with van der Waals surface area (Å²) in [5.74, 6) is 0. The number of allylic oxidation sites excluding steroid dienone is 1. The smallest absolute Gasteiger partial charge is 0.0440 e. The molecule has 0 aromatic heterocycles. The fraction of sp³-hybridized carbons (Fsp3) is 0.273. The van der Waals surface area contributed by atoms with E-state index in [9.17, 15) is 0 Å². The van der Waals surface area contributed by atoms with Gasteiger partial charge in [0, 0.05) is 15.4 Å². The van der Waals surface area contributed by atoms with E-state index in [0.717, 1.165) is 6.42 Å². The molecule has 0 radical (unpaired) electrons. The van der Waals surface area contributed by atoms with Crippen LogP contribution >= 0.6 is 22.6 Å². The van der Waals surface area contributed by atoms with Crippen molar-refractivity contribution in [2.75, 3.05) is 6.54 Å². The molecular formula is C11H12IN3. The Labute approximate surface area is 103 Å². The van der Waals surface area contributed by atoms with E-state index in [1.54, 1.807) is 0 Å². The highest BCUT2D eigenvalue weighted by Gasteiger charge is 2.02. The Morgan fingerprint density at radius 3 is 2.73 bits per heavy atom. The summed E-state index contributed by atoms with van der Waals surface area (Å²) in [5, 5.41) is 3.43. The molecule has 0 spiro atoms. The lowest BCUT2D eigenvalue weighted by Crippen LogP contribution is -1.86. The molecule has 3 nitrogen and oxygen atoms in total. The van der Waals surface area contributed by atoms with Crippen molar-refractivity contribution in [3.05, 3.63) is 58.5 Å². The summed E-state index contributed by atoms with van der Waals surface area (Å²) < 4.78 is 0.478. The summed E-state index contributed by atoms with van der Waals surface area (Å²) in [6.07, 6.45) is 4.92. The molecule has 0 N–H and O–H groups in total. The van der Waals surface area contributed by atoms with Crippen molar-refractivity contribution < 1.29 is 0 Å². The van der Waals surface area contributed by atoms with Crippen molar-refractivity contribution in [3.63, 3.8) is 0 Å². The largest absolute Gasteiger partial charge is 0.0899 e. The van der Waals surface area contributed by atoms with Crippen LogP contribution < -0.4 is 0 Å². The Hall–Kier alpha value is -1.00. The van der Waals surface area contributed by atoms with Crippen molar-refractivity contribution in [1.29, 1.82) is 0 Å². The highest BCUT2D eigenvalue weighted by atomic mass is 127. The van der Waals surface area contributed by atoms with Gasteiger partial charge in [0.1, 0.15) is 0 Å². The quantitative estimate of drug-likeness (QED) is 0.193. The second-order valence-corrected chi connectivity index (χ2v) is 4.50. The van der Waals surface area contributed by atoms with Crippen LogP contribution in [0.25, 0.3) is 10.4 Å². The SMILES string of the molecule is [N-]=[N+]=NC/C=C/CC(I)c1ccccc1. The molecule has 1 aromatic carbocycles. The molecule has 0 fully saturated rings. The van der Waals surface area contributed by atoms with Crippen molar-refractivity contribution >= 4 is 22.6 Å². The fourth-order valence-corrected chi connectivity index (χ4v) is 1.88. The highest BCUT2D eigenvalue weighted by molar-refractivity contribution is 14.1. The van der Waals surface area contributed by atoms with Gasteiger partial charge in [-0.3, -0.25) is 0 Å².